The second-order valence-electron chi connectivity index (χ2n) is 3.99. The highest BCUT2D eigenvalue weighted by atomic mass is 79.9. The molecule has 1 aromatic heterocycles. The topological polar surface area (TPSA) is 55.2 Å². The van der Waals surface area contributed by atoms with Gasteiger partial charge >= 0.3 is 0 Å². The zero-order valence-electron chi connectivity index (χ0n) is 10.4. The Morgan fingerprint density at radius 1 is 1.32 bits per heavy atom. The van der Waals surface area contributed by atoms with Gasteiger partial charge in [0.1, 0.15) is 5.69 Å². The van der Waals surface area contributed by atoms with Gasteiger partial charge in [0.15, 0.2) is 0 Å². The number of halogens is 1. The normalized spacial score (nSPS) is 10.4. The Balaban J connectivity index is 2.12. The molecular weight excluding hydrogens is 328 g/mol. The molecule has 0 aliphatic rings. The molecule has 0 fully saturated rings. The van der Waals surface area contributed by atoms with Gasteiger partial charge in [-0.25, -0.2) is 0 Å². The van der Waals surface area contributed by atoms with E-state index in [1.807, 2.05) is 0 Å². The number of nitro groups is 1. The number of nitrogens with one attached hydrogen (secondary N) is 1. The van der Waals surface area contributed by atoms with E-state index < -0.39 is 0 Å². The molecule has 1 aromatic carbocycles. The number of nitrogens with zero attached hydrogens (tertiary/aromatic N) is 1. The SMILES string of the molecule is CCc1ccc(CNc2ccc(Br)cc2[N+](=O)[O-])s1. The molecule has 1 N–H and O–H groups in total. The van der Waals surface area contributed by atoms with E-state index in [0.29, 0.717) is 16.7 Å². The van der Waals surface area contributed by atoms with Crippen molar-refractivity contribution in [1.82, 2.24) is 0 Å². The molecule has 0 spiro atoms. The van der Waals surface area contributed by atoms with Gasteiger partial charge in [0.05, 0.1) is 4.92 Å². The van der Waals surface area contributed by atoms with E-state index >= 15 is 0 Å². The highest BCUT2D eigenvalue weighted by molar-refractivity contribution is 9.10. The van der Waals surface area contributed by atoms with Crippen molar-refractivity contribution in [3.05, 3.63) is 54.7 Å². The monoisotopic (exact) mass is 340 g/mol. The number of rotatable bonds is 5. The lowest BCUT2D eigenvalue weighted by Crippen LogP contribution is -2.01. The van der Waals surface area contributed by atoms with E-state index in [-0.39, 0.29) is 10.6 Å². The maximum Gasteiger partial charge on any atom is 0.293 e. The molecule has 0 aliphatic heterocycles. The van der Waals surface area contributed by atoms with E-state index in [2.05, 4.69) is 40.3 Å². The van der Waals surface area contributed by atoms with E-state index in [0.717, 1.165) is 6.42 Å². The number of benzene rings is 1. The van der Waals surface area contributed by atoms with Crippen molar-refractivity contribution < 1.29 is 4.92 Å². The zero-order valence-corrected chi connectivity index (χ0v) is 12.8. The van der Waals surface area contributed by atoms with Crippen LogP contribution in [0, 0.1) is 10.1 Å². The molecular formula is C13H13BrN2O2S. The average Bonchev–Trinajstić information content (AvgIpc) is 2.85. The van der Waals surface area contributed by atoms with Gasteiger partial charge in [-0.3, -0.25) is 10.1 Å². The number of nitro benzene ring substituents is 1. The fraction of sp³-hybridized carbons (Fsp3) is 0.231. The summed E-state index contributed by atoms with van der Waals surface area (Å²) in [4.78, 5) is 13.1. The average molecular weight is 341 g/mol. The molecule has 2 aromatic rings. The van der Waals surface area contributed by atoms with E-state index in [1.54, 1.807) is 23.5 Å². The van der Waals surface area contributed by atoms with E-state index in [4.69, 9.17) is 0 Å². The molecule has 0 saturated heterocycles. The van der Waals surface area contributed by atoms with E-state index in [1.165, 1.54) is 15.8 Å². The second kappa shape index (κ2) is 6.16. The van der Waals surface area contributed by atoms with Gasteiger partial charge in [0.25, 0.3) is 5.69 Å². The van der Waals surface area contributed by atoms with Gasteiger partial charge in [-0.1, -0.05) is 22.9 Å². The minimum Gasteiger partial charge on any atom is -0.375 e. The van der Waals surface area contributed by atoms with E-state index in [9.17, 15) is 10.1 Å². The van der Waals surface area contributed by atoms with Gasteiger partial charge in [-0.2, -0.15) is 0 Å². The predicted octanol–water partition coefficient (Wildman–Crippen LogP) is 4.59. The van der Waals surface area contributed by atoms with Gasteiger partial charge in [-0.05, 0) is 30.7 Å². The van der Waals surface area contributed by atoms with Crippen LogP contribution in [0.4, 0.5) is 11.4 Å². The van der Waals surface area contributed by atoms with Crippen molar-refractivity contribution in [2.45, 2.75) is 19.9 Å². The van der Waals surface area contributed by atoms with Crippen LogP contribution in [0.1, 0.15) is 16.7 Å². The Morgan fingerprint density at radius 3 is 2.68 bits per heavy atom. The molecule has 0 saturated carbocycles. The zero-order chi connectivity index (χ0) is 13.8. The summed E-state index contributed by atoms with van der Waals surface area (Å²) in [7, 11) is 0. The summed E-state index contributed by atoms with van der Waals surface area (Å²) in [5, 5.41) is 14.1. The fourth-order valence-corrected chi connectivity index (χ4v) is 2.94. The molecule has 4 nitrogen and oxygen atoms in total. The Kier molecular flexibility index (Phi) is 4.55. The molecule has 19 heavy (non-hydrogen) atoms. The Hall–Kier alpha value is -1.40. The maximum absolute atomic E-state index is 11.0. The number of anilines is 1. The van der Waals surface area contributed by atoms with Gasteiger partial charge in [0, 0.05) is 26.8 Å². The summed E-state index contributed by atoms with van der Waals surface area (Å²) >= 11 is 4.97. The molecule has 0 radical (unpaired) electrons. The Labute approximate surface area is 123 Å². The first-order valence-corrected chi connectivity index (χ1v) is 7.46. The molecule has 100 valence electrons. The first-order valence-electron chi connectivity index (χ1n) is 5.85. The van der Waals surface area contributed by atoms with Crippen LogP contribution in [-0.2, 0) is 13.0 Å². The smallest absolute Gasteiger partial charge is 0.293 e. The Morgan fingerprint density at radius 2 is 2.05 bits per heavy atom. The summed E-state index contributed by atoms with van der Waals surface area (Å²) in [5.74, 6) is 0. The number of thiophene rings is 1. The first kappa shape index (κ1) is 14.0. The largest absolute Gasteiger partial charge is 0.375 e. The third kappa shape index (κ3) is 3.54. The van der Waals surface area contributed by atoms with Crippen molar-refractivity contribution in [2.75, 3.05) is 5.32 Å². The van der Waals surface area contributed by atoms with Crippen molar-refractivity contribution >= 4 is 38.6 Å². The molecule has 0 aliphatic carbocycles. The predicted molar refractivity (Wildman–Crippen MR) is 81.8 cm³/mol. The molecule has 0 amide bonds. The summed E-state index contributed by atoms with van der Waals surface area (Å²) in [6.07, 6.45) is 1.02. The Bertz CT molecular complexity index is 598. The summed E-state index contributed by atoms with van der Waals surface area (Å²) in [6.45, 7) is 2.72. The lowest BCUT2D eigenvalue weighted by atomic mass is 10.2. The van der Waals surface area contributed by atoms with Crippen LogP contribution in [0.3, 0.4) is 0 Å². The third-order valence-electron chi connectivity index (χ3n) is 2.68. The van der Waals surface area contributed by atoms with Crippen molar-refractivity contribution in [3.63, 3.8) is 0 Å². The fourth-order valence-electron chi connectivity index (χ4n) is 1.70. The molecule has 0 unspecified atom stereocenters. The van der Waals surface area contributed by atoms with Gasteiger partial charge < -0.3 is 5.32 Å². The molecule has 2 rings (SSSR count). The van der Waals surface area contributed by atoms with Gasteiger partial charge in [0.2, 0.25) is 0 Å². The third-order valence-corrected chi connectivity index (χ3v) is 4.40. The van der Waals surface area contributed by atoms with Crippen LogP contribution >= 0.6 is 27.3 Å². The highest BCUT2D eigenvalue weighted by Gasteiger charge is 2.13. The minimum atomic E-state index is -0.376. The van der Waals surface area contributed by atoms with Gasteiger partial charge in [-0.15, -0.1) is 11.3 Å². The van der Waals surface area contributed by atoms with Crippen LogP contribution < -0.4 is 5.32 Å². The van der Waals surface area contributed by atoms with Crippen molar-refractivity contribution in [3.8, 4) is 0 Å². The lowest BCUT2D eigenvalue weighted by Gasteiger charge is -2.06. The first-order chi connectivity index (χ1) is 9.10. The van der Waals surface area contributed by atoms with Crippen LogP contribution in [0.15, 0.2) is 34.8 Å². The van der Waals surface area contributed by atoms with Crippen LogP contribution in [-0.4, -0.2) is 4.92 Å². The van der Waals surface area contributed by atoms with Crippen molar-refractivity contribution in [2.24, 2.45) is 0 Å². The molecule has 0 atom stereocenters. The van der Waals surface area contributed by atoms with Crippen LogP contribution in [0.25, 0.3) is 0 Å². The highest BCUT2D eigenvalue weighted by Crippen LogP contribution is 2.29. The molecule has 6 heteroatoms. The van der Waals surface area contributed by atoms with Crippen LogP contribution in [0.2, 0.25) is 0 Å². The van der Waals surface area contributed by atoms with Crippen molar-refractivity contribution in [1.29, 1.82) is 0 Å². The van der Waals surface area contributed by atoms with Crippen LogP contribution in [0.5, 0.6) is 0 Å². The summed E-state index contributed by atoms with van der Waals surface area (Å²) in [6, 6.07) is 9.17. The molecule has 1 heterocycles. The maximum atomic E-state index is 11.0. The number of hydrogen-bond acceptors (Lipinski definition) is 4. The standard InChI is InChI=1S/C13H13BrN2O2S/c1-2-10-4-5-11(19-10)8-15-12-6-3-9(14)7-13(12)16(17)18/h3-7,15H,2,8H2,1H3. The quantitative estimate of drug-likeness (QED) is 0.639. The summed E-state index contributed by atoms with van der Waals surface area (Å²) in [5.41, 5.74) is 0.626. The summed E-state index contributed by atoms with van der Waals surface area (Å²) < 4.78 is 0.703. The lowest BCUT2D eigenvalue weighted by molar-refractivity contribution is -0.384. The second-order valence-corrected chi connectivity index (χ2v) is 6.16. The number of aryl methyl sites for hydroxylation is 1. The minimum absolute atomic E-state index is 0.0849. The molecule has 0 bridgehead atoms. The number of hydrogen-bond donors (Lipinski definition) is 1.